The molecule has 0 unspecified atom stereocenters. The summed E-state index contributed by atoms with van der Waals surface area (Å²) in [6, 6.07) is 9.93. The van der Waals surface area contributed by atoms with Crippen molar-refractivity contribution in [2.45, 2.75) is 12.7 Å². The molecule has 1 saturated heterocycles. The number of alkyl halides is 3. The number of rotatable bonds is 6. The summed E-state index contributed by atoms with van der Waals surface area (Å²) in [6.07, 6.45) is -4.72. The monoisotopic (exact) mass is 486 g/mol. The molecule has 0 spiro atoms. The second-order valence-corrected chi connectivity index (χ2v) is 8.67. The van der Waals surface area contributed by atoms with Crippen molar-refractivity contribution in [2.75, 3.05) is 37.6 Å². The van der Waals surface area contributed by atoms with Gasteiger partial charge in [0.25, 0.3) is 0 Å². The number of aromatic nitrogens is 2. The lowest BCUT2D eigenvalue weighted by Crippen LogP contribution is -2.47. The van der Waals surface area contributed by atoms with Gasteiger partial charge in [-0.25, -0.2) is 4.79 Å². The molecule has 2 N–H and O–H groups in total. The summed E-state index contributed by atoms with van der Waals surface area (Å²) in [5, 5.41) is 0. The van der Waals surface area contributed by atoms with Crippen molar-refractivity contribution < 1.29 is 30.3 Å². The fourth-order valence-electron chi connectivity index (χ4n) is 3.90. The highest BCUT2D eigenvalue weighted by atomic mass is 32.3. The maximum absolute atomic E-state index is 13.3. The first-order chi connectivity index (χ1) is 15.5. The fourth-order valence-corrected chi connectivity index (χ4v) is 4.24. The molecule has 2 heterocycles. The highest BCUT2D eigenvalue weighted by molar-refractivity contribution is 7.81. The van der Waals surface area contributed by atoms with Gasteiger partial charge in [0.15, 0.2) is 0 Å². The van der Waals surface area contributed by atoms with E-state index in [2.05, 4.69) is 14.1 Å². The Labute approximate surface area is 186 Å². The quantitative estimate of drug-likeness (QED) is 0.515. The van der Waals surface area contributed by atoms with Crippen molar-refractivity contribution in [3.63, 3.8) is 0 Å². The molecule has 1 fully saturated rings. The molecule has 13 heteroatoms. The molecule has 0 atom stereocenters. The summed E-state index contributed by atoms with van der Waals surface area (Å²) < 4.78 is 76.5. The van der Waals surface area contributed by atoms with Crippen LogP contribution < -0.4 is 14.8 Å². The van der Waals surface area contributed by atoms with E-state index in [-0.39, 0.29) is 11.4 Å². The van der Waals surface area contributed by atoms with Crippen molar-refractivity contribution in [3.05, 3.63) is 58.5 Å². The number of hydrogen-bond donors (Lipinski definition) is 2. The summed E-state index contributed by atoms with van der Waals surface area (Å²) in [4.78, 5) is 18.8. The number of anilines is 1. The van der Waals surface area contributed by atoms with E-state index in [1.807, 2.05) is 24.3 Å². The SMILES string of the molecule is O=c1[nH]c2ccccc2n1CCN1CCN(c2cc(OS(=O)(=O)O)cc(C(F)(F)F)c2)CC1. The largest absolute Gasteiger partial charge is 0.446 e. The zero-order valence-electron chi connectivity index (χ0n) is 17.2. The first-order valence-electron chi connectivity index (χ1n) is 10.0. The fraction of sp³-hybridized carbons (Fsp3) is 0.350. The number of fused-ring (bicyclic) bond motifs is 1. The van der Waals surface area contributed by atoms with Crippen LogP contribution in [0.25, 0.3) is 11.0 Å². The molecule has 0 saturated carbocycles. The van der Waals surface area contributed by atoms with Gasteiger partial charge in [-0.05, 0) is 24.3 Å². The van der Waals surface area contributed by atoms with Gasteiger partial charge in [-0.1, -0.05) is 12.1 Å². The highest BCUT2D eigenvalue weighted by Gasteiger charge is 2.33. The topological polar surface area (TPSA) is 108 Å². The molecular weight excluding hydrogens is 465 g/mol. The molecule has 2 aromatic carbocycles. The van der Waals surface area contributed by atoms with Crippen LogP contribution in [0.4, 0.5) is 18.9 Å². The van der Waals surface area contributed by atoms with Gasteiger partial charge in [0, 0.05) is 51.0 Å². The zero-order valence-corrected chi connectivity index (χ0v) is 18.1. The third-order valence-corrected chi connectivity index (χ3v) is 5.88. The molecule has 0 aliphatic carbocycles. The molecule has 0 bridgehead atoms. The van der Waals surface area contributed by atoms with E-state index in [0.29, 0.717) is 45.3 Å². The molecule has 33 heavy (non-hydrogen) atoms. The first-order valence-corrected chi connectivity index (χ1v) is 11.4. The summed E-state index contributed by atoms with van der Waals surface area (Å²) in [5.74, 6) is -0.622. The Hall–Kier alpha value is -3.03. The Kier molecular flexibility index (Phi) is 6.12. The standard InChI is InChI=1S/C20H21F3N4O5S/c21-20(22,23)14-11-15(13-16(12-14)32-33(29,30)31)26-8-5-25(6-9-26)7-10-27-18-4-2-1-3-17(18)24-19(27)28/h1-4,11-13H,5-10H2,(H,24,28)(H,29,30,31). The van der Waals surface area contributed by atoms with Crippen LogP contribution in [0.1, 0.15) is 5.56 Å². The van der Waals surface area contributed by atoms with Crippen LogP contribution in [-0.4, -0.2) is 60.1 Å². The molecule has 3 aromatic rings. The van der Waals surface area contributed by atoms with Gasteiger partial charge in [0.1, 0.15) is 5.75 Å². The van der Waals surface area contributed by atoms with Gasteiger partial charge < -0.3 is 14.1 Å². The maximum atomic E-state index is 13.3. The average Bonchev–Trinajstić information content (AvgIpc) is 3.05. The summed E-state index contributed by atoms with van der Waals surface area (Å²) in [6.45, 7) is 2.86. The molecular formula is C20H21F3N4O5S. The lowest BCUT2D eigenvalue weighted by atomic mass is 10.1. The van der Waals surface area contributed by atoms with E-state index in [0.717, 1.165) is 23.2 Å². The van der Waals surface area contributed by atoms with Crippen LogP contribution in [0.2, 0.25) is 0 Å². The van der Waals surface area contributed by atoms with E-state index in [4.69, 9.17) is 4.55 Å². The van der Waals surface area contributed by atoms with Gasteiger partial charge >= 0.3 is 22.3 Å². The summed E-state index contributed by atoms with van der Waals surface area (Å²) >= 11 is 0. The third kappa shape index (κ3) is 5.49. The lowest BCUT2D eigenvalue weighted by Gasteiger charge is -2.36. The zero-order chi connectivity index (χ0) is 23.8. The van der Waals surface area contributed by atoms with Crippen molar-refractivity contribution >= 4 is 27.1 Å². The Morgan fingerprint density at radius 3 is 2.39 bits per heavy atom. The smallest absolute Gasteiger partial charge is 0.369 e. The predicted molar refractivity (Wildman–Crippen MR) is 115 cm³/mol. The van der Waals surface area contributed by atoms with Gasteiger partial charge in [0.05, 0.1) is 16.6 Å². The molecule has 1 aliphatic rings. The van der Waals surface area contributed by atoms with Crippen LogP contribution in [0.15, 0.2) is 47.3 Å². The number of piperazine rings is 1. The molecule has 4 rings (SSSR count). The van der Waals surface area contributed by atoms with Crippen molar-refractivity contribution in [2.24, 2.45) is 0 Å². The van der Waals surface area contributed by atoms with E-state index >= 15 is 0 Å². The minimum Gasteiger partial charge on any atom is -0.369 e. The second kappa shape index (κ2) is 8.72. The van der Waals surface area contributed by atoms with Crippen LogP contribution in [0.5, 0.6) is 5.75 Å². The number of nitrogens with zero attached hydrogens (tertiary/aromatic N) is 3. The van der Waals surface area contributed by atoms with Crippen LogP contribution in [-0.2, 0) is 23.1 Å². The molecule has 9 nitrogen and oxygen atoms in total. The maximum Gasteiger partial charge on any atom is 0.446 e. The number of H-pyrrole nitrogens is 1. The van der Waals surface area contributed by atoms with Gasteiger partial charge in [-0.2, -0.15) is 21.6 Å². The molecule has 1 aliphatic heterocycles. The van der Waals surface area contributed by atoms with Gasteiger partial charge in [-0.3, -0.25) is 14.0 Å². The van der Waals surface area contributed by atoms with Gasteiger partial charge in [0.2, 0.25) is 0 Å². The number of imidazole rings is 1. The van der Waals surface area contributed by atoms with Crippen molar-refractivity contribution in [1.82, 2.24) is 14.5 Å². The summed E-state index contributed by atoms with van der Waals surface area (Å²) in [5.41, 5.74) is 0.400. The minimum atomic E-state index is -4.97. The van der Waals surface area contributed by atoms with Gasteiger partial charge in [-0.15, -0.1) is 0 Å². The van der Waals surface area contributed by atoms with Crippen molar-refractivity contribution in [3.8, 4) is 5.75 Å². The lowest BCUT2D eigenvalue weighted by molar-refractivity contribution is -0.137. The van der Waals surface area contributed by atoms with Crippen LogP contribution >= 0.6 is 0 Å². The van der Waals surface area contributed by atoms with E-state index < -0.39 is 27.9 Å². The van der Waals surface area contributed by atoms with E-state index in [1.165, 1.54) is 0 Å². The van der Waals surface area contributed by atoms with E-state index in [1.54, 1.807) is 9.47 Å². The third-order valence-electron chi connectivity index (χ3n) is 5.48. The number of hydrogen-bond acceptors (Lipinski definition) is 6. The van der Waals surface area contributed by atoms with Crippen LogP contribution in [0, 0.1) is 0 Å². The Balaban J connectivity index is 1.44. The summed E-state index contributed by atoms with van der Waals surface area (Å²) in [7, 11) is -4.97. The second-order valence-electron chi connectivity index (χ2n) is 7.65. The number of nitrogens with one attached hydrogen (secondary N) is 1. The van der Waals surface area contributed by atoms with E-state index in [9.17, 15) is 26.4 Å². The Bertz CT molecular complexity index is 1310. The average molecular weight is 486 g/mol. The molecule has 178 valence electrons. The predicted octanol–water partition coefficient (Wildman–Crippen LogP) is 2.35. The highest BCUT2D eigenvalue weighted by Crippen LogP contribution is 2.36. The number of aromatic amines is 1. The molecule has 0 amide bonds. The molecule has 1 aromatic heterocycles. The van der Waals surface area contributed by atoms with Crippen LogP contribution in [0.3, 0.4) is 0 Å². The normalized spacial score (nSPS) is 15.8. The molecule has 0 radical (unpaired) electrons. The van der Waals surface area contributed by atoms with Crippen molar-refractivity contribution in [1.29, 1.82) is 0 Å². The minimum absolute atomic E-state index is 0.135. The number of halogens is 3. The Morgan fingerprint density at radius 1 is 1.03 bits per heavy atom. The number of para-hydroxylation sites is 2. The Morgan fingerprint density at radius 2 is 1.73 bits per heavy atom. The number of benzene rings is 2. The first kappa shape index (κ1) is 23.1.